The van der Waals surface area contributed by atoms with Crippen LogP contribution in [0, 0.1) is 19.8 Å². The van der Waals surface area contributed by atoms with Gasteiger partial charge in [0.1, 0.15) is 0 Å². The van der Waals surface area contributed by atoms with E-state index in [-0.39, 0.29) is 31.1 Å². The van der Waals surface area contributed by atoms with Crippen molar-refractivity contribution < 1.29 is 19.5 Å². The lowest BCUT2D eigenvalue weighted by Gasteiger charge is -2.12. The maximum atomic E-state index is 12.2. The molecular weight excluding hydrogens is 294 g/mol. The highest BCUT2D eigenvalue weighted by Gasteiger charge is 2.18. The molecule has 0 aliphatic carbocycles. The second kappa shape index (κ2) is 9.08. The van der Waals surface area contributed by atoms with Crippen molar-refractivity contribution in [2.24, 2.45) is 5.92 Å². The van der Waals surface area contributed by atoms with Gasteiger partial charge in [0.2, 0.25) is 5.91 Å². The minimum Gasteiger partial charge on any atom is -0.481 e. The van der Waals surface area contributed by atoms with Crippen LogP contribution in [0.15, 0.2) is 18.2 Å². The van der Waals surface area contributed by atoms with E-state index in [1.807, 2.05) is 39.0 Å². The standard InChI is InChI=1S/C18H25NO4/c1-4-5-14(18(22)23)11-19-17(21)9-8-16(20)15-10-12(2)6-7-13(15)3/h6-7,10,14H,4-5,8-9,11H2,1-3H3,(H,19,21)(H,22,23). The Labute approximate surface area is 137 Å². The zero-order chi connectivity index (χ0) is 17.4. The number of carbonyl (C=O) groups is 3. The van der Waals surface area contributed by atoms with E-state index in [2.05, 4.69) is 5.32 Å². The van der Waals surface area contributed by atoms with E-state index in [1.165, 1.54) is 0 Å². The zero-order valence-corrected chi connectivity index (χ0v) is 14.0. The monoisotopic (exact) mass is 319 g/mol. The normalized spacial score (nSPS) is 11.8. The summed E-state index contributed by atoms with van der Waals surface area (Å²) < 4.78 is 0. The van der Waals surface area contributed by atoms with Crippen LogP contribution < -0.4 is 5.32 Å². The van der Waals surface area contributed by atoms with Gasteiger partial charge in [0.15, 0.2) is 5.78 Å². The average molecular weight is 319 g/mol. The van der Waals surface area contributed by atoms with Crippen LogP contribution >= 0.6 is 0 Å². The lowest BCUT2D eigenvalue weighted by molar-refractivity contribution is -0.141. The Morgan fingerprint density at radius 2 is 1.87 bits per heavy atom. The summed E-state index contributed by atoms with van der Waals surface area (Å²) in [6, 6.07) is 5.67. The molecule has 126 valence electrons. The molecule has 0 aliphatic rings. The molecule has 0 bridgehead atoms. The number of carboxylic acid groups (broad SMARTS) is 1. The van der Waals surface area contributed by atoms with E-state index in [0.29, 0.717) is 12.0 Å². The van der Waals surface area contributed by atoms with Crippen molar-refractivity contribution in [3.8, 4) is 0 Å². The summed E-state index contributed by atoms with van der Waals surface area (Å²) >= 11 is 0. The Morgan fingerprint density at radius 3 is 2.48 bits per heavy atom. The molecule has 0 saturated heterocycles. The Hall–Kier alpha value is -2.17. The van der Waals surface area contributed by atoms with Crippen molar-refractivity contribution in [3.05, 3.63) is 34.9 Å². The van der Waals surface area contributed by atoms with Crippen molar-refractivity contribution in [2.45, 2.75) is 46.5 Å². The summed E-state index contributed by atoms with van der Waals surface area (Å²) in [4.78, 5) is 35.0. The van der Waals surface area contributed by atoms with Gasteiger partial charge in [0.05, 0.1) is 5.92 Å². The molecule has 0 heterocycles. The van der Waals surface area contributed by atoms with Crippen LogP contribution in [0.4, 0.5) is 0 Å². The number of benzene rings is 1. The number of carbonyl (C=O) groups excluding carboxylic acids is 2. The Bertz CT molecular complexity index is 580. The zero-order valence-electron chi connectivity index (χ0n) is 14.0. The van der Waals surface area contributed by atoms with E-state index < -0.39 is 11.9 Å². The van der Waals surface area contributed by atoms with E-state index in [1.54, 1.807) is 0 Å². The van der Waals surface area contributed by atoms with Crippen molar-refractivity contribution in [1.29, 1.82) is 0 Å². The second-order valence-corrected chi connectivity index (χ2v) is 5.87. The number of nitrogens with one attached hydrogen (secondary N) is 1. The van der Waals surface area contributed by atoms with Crippen LogP contribution in [0.5, 0.6) is 0 Å². The fraction of sp³-hybridized carbons (Fsp3) is 0.500. The molecular formula is C18H25NO4. The fourth-order valence-electron chi connectivity index (χ4n) is 2.38. The number of amides is 1. The molecule has 0 aromatic heterocycles. The third kappa shape index (κ3) is 6.22. The van der Waals surface area contributed by atoms with Crippen LogP contribution in [0.2, 0.25) is 0 Å². The van der Waals surface area contributed by atoms with Gasteiger partial charge < -0.3 is 10.4 Å². The molecule has 1 aromatic rings. The summed E-state index contributed by atoms with van der Waals surface area (Å²) in [5.74, 6) is -1.83. The van der Waals surface area contributed by atoms with Gasteiger partial charge in [-0.25, -0.2) is 0 Å². The third-order valence-electron chi connectivity index (χ3n) is 3.80. The number of Topliss-reactive ketones (excluding diaryl/α,β-unsaturated/α-hetero) is 1. The minimum absolute atomic E-state index is 0.0651. The molecule has 1 aromatic carbocycles. The molecule has 5 nitrogen and oxygen atoms in total. The number of rotatable bonds is 9. The predicted molar refractivity (Wildman–Crippen MR) is 88.5 cm³/mol. The molecule has 5 heteroatoms. The molecule has 0 radical (unpaired) electrons. The largest absolute Gasteiger partial charge is 0.481 e. The molecule has 1 rings (SSSR count). The van der Waals surface area contributed by atoms with Crippen LogP contribution in [-0.2, 0) is 9.59 Å². The maximum absolute atomic E-state index is 12.2. The van der Waals surface area contributed by atoms with Gasteiger partial charge in [0.25, 0.3) is 0 Å². The lowest BCUT2D eigenvalue weighted by Crippen LogP contribution is -2.33. The van der Waals surface area contributed by atoms with Gasteiger partial charge in [-0.2, -0.15) is 0 Å². The first kappa shape index (κ1) is 18.9. The minimum atomic E-state index is -0.904. The first-order valence-electron chi connectivity index (χ1n) is 7.95. The van der Waals surface area contributed by atoms with Crippen LogP contribution in [0.3, 0.4) is 0 Å². The van der Waals surface area contributed by atoms with Crippen LogP contribution in [0.25, 0.3) is 0 Å². The predicted octanol–water partition coefficient (Wildman–Crippen LogP) is 2.88. The summed E-state index contributed by atoms with van der Waals surface area (Å²) in [5.41, 5.74) is 2.55. The first-order chi connectivity index (χ1) is 10.8. The number of carboxylic acids is 1. The Kier molecular flexibility index (Phi) is 7.45. The summed E-state index contributed by atoms with van der Waals surface area (Å²) in [6.07, 6.45) is 1.47. The topological polar surface area (TPSA) is 83.5 Å². The number of hydrogen-bond donors (Lipinski definition) is 2. The molecule has 1 unspecified atom stereocenters. The van der Waals surface area contributed by atoms with Gasteiger partial charge in [0, 0.05) is 24.9 Å². The average Bonchev–Trinajstić information content (AvgIpc) is 2.51. The highest BCUT2D eigenvalue weighted by atomic mass is 16.4. The fourth-order valence-corrected chi connectivity index (χ4v) is 2.38. The maximum Gasteiger partial charge on any atom is 0.308 e. The van der Waals surface area contributed by atoms with Crippen molar-refractivity contribution >= 4 is 17.7 Å². The molecule has 23 heavy (non-hydrogen) atoms. The third-order valence-corrected chi connectivity index (χ3v) is 3.80. The van der Waals surface area contributed by atoms with Gasteiger partial charge in [-0.15, -0.1) is 0 Å². The Balaban J connectivity index is 2.48. The van der Waals surface area contributed by atoms with E-state index in [0.717, 1.165) is 17.5 Å². The van der Waals surface area contributed by atoms with Gasteiger partial charge >= 0.3 is 5.97 Å². The van der Waals surface area contributed by atoms with E-state index in [4.69, 9.17) is 5.11 Å². The SMILES string of the molecule is CCCC(CNC(=O)CCC(=O)c1cc(C)ccc1C)C(=O)O. The smallest absolute Gasteiger partial charge is 0.308 e. The summed E-state index contributed by atoms with van der Waals surface area (Å²) in [5, 5.41) is 11.6. The van der Waals surface area contributed by atoms with Gasteiger partial charge in [-0.05, 0) is 31.9 Å². The van der Waals surface area contributed by atoms with Gasteiger partial charge in [-0.1, -0.05) is 31.0 Å². The number of ketones is 1. The van der Waals surface area contributed by atoms with E-state index >= 15 is 0 Å². The molecule has 0 spiro atoms. The quantitative estimate of drug-likeness (QED) is 0.686. The molecule has 0 saturated carbocycles. The highest BCUT2D eigenvalue weighted by molar-refractivity contribution is 5.99. The summed E-state index contributed by atoms with van der Waals surface area (Å²) in [6.45, 7) is 5.80. The Morgan fingerprint density at radius 1 is 1.17 bits per heavy atom. The molecule has 2 N–H and O–H groups in total. The molecule has 0 fully saturated rings. The van der Waals surface area contributed by atoms with Crippen molar-refractivity contribution in [2.75, 3.05) is 6.54 Å². The van der Waals surface area contributed by atoms with Gasteiger partial charge in [-0.3, -0.25) is 14.4 Å². The highest BCUT2D eigenvalue weighted by Crippen LogP contribution is 2.14. The second-order valence-electron chi connectivity index (χ2n) is 5.87. The number of aryl methyl sites for hydroxylation is 2. The van der Waals surface area contributed by atoms with Crippen LogP contribution in [0.1, 0.15) is 54.1 Å². The summed E-state index contributed by atoms with van der Waals surface area (Å²) in [7, 11) is 0. The molecule has 1 amide bonds. The molecule has 1 atom stereocenters. The number of hydrogen-bond acceptors (Lipinski definition) is 3. The molecule has 0 aliphatic heterocycles. The van der Waals surface area contributed by atoms with Crippen LogP contribution in [-0.4, -0.2) is 29.3 Å². The van der Waals surface area contributed by atoms with Crippen molar-refractivity contribution in [1.82, 2.24) is 5.32 Å². The van der Waals surface area contributed by atoms with Crippen molar-refractivity contribution in [3.63, 3.8) is 0 Å². The first-order valence-corrected chi connectivity index (χ1v) is 7.95. The number of aliphatic carboxylic acids is 1. The lowest BCUT2D eigenvalue weighted by atomic mass is 9.99. The van der Waals surface area contributed by atoms with E-state index in [9.17, 15) is 14.4 Å².